The summed E-state index contributed by atoms with van der Waals surface area (Å²) in [6.45, 7) is 9.09. The summed E-state index contributed by atoms with van der Waals surface area (Å²) in [6, 6.07) is 10.7. The molecule has 3 atom stereocenters. The van der Waals surface area contributed by atoms with Crippen molar-refractivity contribution in [2.45, 2.75) is 69.8 Å². The molecule has 2 aromatic rings. The van der Waals surface area contributed by atoms with Crippen LogP contribution in [0.5, 0.6) is 11.5 Å². The Bertz CT molecular complexity index is 1260. The van der Waals surface area contributed by atoms with Crippen molar-refractivity contribution in [1.82, 2.24) is 9.80 Å². The molecule has 42 heavy (non-hydrogen) atoms. The van der Waals surface area contributed by atoms with Gasteiger partial charge in [0.25, 0.3) is 5.91 Å². The predicted octanol–water partition coefficient (Wildman–Crippen LogP) is 5.84. The summed E-state index contributed by atoms with van der Waals surface area (Å²) in [5.74, 6) is -0.646. The lowest BCUT2D eigenvalue weighted by Gasteiger charge is -2.33. The summed E-state index contributed by atoms with van der Waals surface area (Å²) >= 11 is 0. The number of rotatable bonds is 7. The molecule has 4 rings (SSSR count). The van der Waals surface area contributed by atoms with E-state index in [1.54, 1.807) is 19.2 Å². The topological polar surface area (TPSA) is 76.2 Å². The minimum atomic E-state index is -4.49. The molecular formula is C31H38F4N2O5. The Kier molecular flexibility index (Phi) is 10.4. The summed E-state index contributed by atoms with van der Waals surface area (Å²) in [5, 5.41) is 0. The molecule has 2 aromatic carbocycles. The molecule has 11 heteroatoms. The molecule has 0 radical (unpaired) electrons. The normalized spacial score (nSPS) is 22.7. The highest BCUT2D eigenvalue weighted by atomic mass is 19.4. The largest absolute Gasteiger partial charge is 0.497 e. The van der Waals surface area contributed by atoms with Gasteiger partial charge in [-0.1, -0.05) is 25.1 Å². The van der Waals surface area contributed by atoms with Gasteiger partial charge in [0.2, 0.25) is 5.67 Å². The fourth-order valence-corrected chi connectivity index (χ4v) is 5.60. The van der Waals surface area contributed by atoms with Crippen LogP contribution in [0.25, 0.3) is 0 Å². The minimum absolute atomic E-state index is 0.0294. The van der Waals surface area contributed by atoms with Gasteiger partial charge in [-0.05, 0) is 69.0 Å². The van der Waals surface area contributed by atoms with E-state index in [2.05, 4.69) is 0 Å². The number of nitrogens with zero attached hydrogens (tertiary/aromatic N) is 2. The van der Waals surface area contributed by atoms with Crippen molar-refractivity contribution in [3.05, 3.63) is 59.2 Å². The Balaban J connectivity index is 0.00000155. The number of benzene rings is 2. The first-order chi connectivity index (χ1) is 19.7. The van der Waals surface area contributed by atoms with Crippen LogP contribution in [-0.4, -0.2) is 73.0 Å². The second-order valence-electron chi connectivity index (χ2n) is 11.7. The quantitative estimate of drug-likeness (QED) is 0.375. The first-order valence-corrected chi connectivity index (χ1v) is 13.9. The van der Waals surface area contributed by atoms with Crippen LogP contribution in [0.1, 0.15) is 69.1 Å². The van der Waals surface area contributed by atoms with E-state index in [4.69, 9.17) is 19.1 Å². The third-order valence-corrected chi connectivity index (χ3v) is 7.92. The molecule has 0 aliphatic carbocycles. The first-order valence-electron chi connectivity index (χ1n) is 13.9. The molecule has 0 spiro atoms. The summed E-state index contributed by atoms with van der Waals surface area (Å²) < 4.78 is 68.0. The van der Waals surface area contributed by atoms with E-state index in [9.17, 15) is 18.0 Å². The van der Waals surface area contributed by atoms with Gasteiger partial charge >= 0.3 is 12.3 Å². The molecule has 0 saturated carbocycles. The Morgan fingerprint density at radius 1 is 1.07 bits per heavy atom. The van der Waals surface area contributed by atoms with Crippen molar-refractivity contribution in [3.8, 4) is 11.5 Å². The zero-order valence-electron chi connectivity index (χ0n) is 24.6. The highest BCUT2D eigenvalue weighted by molar-refractivity contribution is 5.88. The lowest BCUT2D eigenvalue weighted by Crippen LogP contribution is -2.51. The summed E-state index contributed by atoms with van der Waals surface area (Å²) in [5.41, 5.74) is -1.90. The smallest absolute Gasteiger partial charge is 0.416 e. The average molecular weight is 595 g/mol. The van der Waals surface area contributed by atoms with Gasteiger partial charge in [-0.3, -0.25) is 9.69 Å². The number of ether oxygens (including phenoxy) is 2. The summed E-state index contributed by atoms with van der Waals surface area (Å²) in [6.07, 6.45) is -3.07. The summed E-state index contributed by atoms with van der Waals surface area (Å²) in [4.78, 5) is 33.7. The third kappa shape index (κ3) is 7.31. The van der Waals surface area contributed by atoms with E-state index in [-0.39, 0.29) is 43.1 Å². The molecule has 0 aromatic heterocycles. The lowest BCUT2D eigenvalue weighted by molar-refractivity contribution is -0.191. The summed E-state index contributed by atoms with van der Waals surface area (Å²) in [7, 11) is 1.56. The number of likely N-dealkylation sites (tertiary alicyclic amines) is 2. The molecule has 0 bridgehead atoms. The first kappa shape index (κ1) is 33.1. The predicted molar refractivity (Wildman–Crippen MR) is 147 cm³/mol. The fraction of sp³-hybridized carbons (Fsp3) is 0.548. The maximum absolute atomic E-state index is 17.0. The van der Waals surface area contributed by atoms with E-state index in [0.29, 0.717) is 37.2 Å². The molecule has 230 valence electrons. The van der Waals surface area contributed by atoms with Crippen molar-refractivity contribution in [2.24, 2.45) is 0 Å². The number of carbonyl (C=O) groups excluding carboxylic acids is 3. The van der Waals surface area contributed by atoms with Crippen LogP contribution in [0.3, 0.4) is 0 Å². The van der Waals surface area contributed by atoms with Gasteiger partial charge in [0.1, 0.15) is 11.5 Å². The highest BCUT2D eigenvalue weighted by Gasteiger charge is 2.57. The van der Waals surface area contributed by atoms with Crippen LogP contribution in [-0.2, 0) is 20.6 Å². The fourth-order valence-electron chi connectivity index (χ4n) is 5.60. The molecule has 0 N–H and O–H groups in total. The van der Waals surface area contributed by atoms with Gasteiger partial charge in [0.15, 0.2) is 0 Å². The van der Waals surface area contributed by atoms with Gasteiger partial charge in [-0.2, -0.15) is 22.8 Å². The van der Waals surface area contributed by atoms with Gasteiger partial charge in [0, 0.05) is 43.6 Å². The van der Waals surface area contributed by atoms with Crippen LogP contribution in [0.15, 0.2) is 42.5 Å². The Morgan fingerprint density at radius 3 is 2.26 bits per heavy atom. The van der Waals surface area contributed by atoms with E-state index in [1.165, 1.54) is 11.0 Å². The van der Waals surface area contributed by atoms with E-state index < -0.39 is 29.2 Å². The molecule has 2 saturated heterocycles. The molecule has 2 aliphatic rings. The molecule has 2 heterocycles. The monoisotopic (exact) mass is 594 g/mol. The maximum atomic E-state index is 17.0. The van der Waals surface area contributed by atoms with E-state index >= 15 is 4.39 Å². The number of hydrogen-bond acceptors (Lipinski definition) is 6. The van der Waals surface area contributed by atoms with Gasteiger partial charge in [0.05, 0.1) is 19.3 Å². The molecule has 2 aliphatic heterocycles. The van der Waals surface area contributed by atoms with Crippen LogP contribution in [0.4, 0.5) is 17.6 Å². The maximum Gasteiger partial charge on any atom is 0.416 e. The molecule has 2 fully saturated rings. The molecule has 1 amide bonds. The van der Waals surface area contributed by atoms with Crippen molar-refractivity contribution in [1.29, 1.82) is 0 Å². The van der Waals surface area contributed by atoms with Gasteiger partial charge in [-0.25, -0.2) is 4.39 Å². The van der Waals surface area contributed by atoms with E-state index in [1.807, 2.05) is 44.7 Å². The van der Waals surface area contributed by atoms with Crippen molar-refractivity contribution < 1.29 is 41.4 Å². The standard InChI is InChI=1S/C30H38F4N2O3.CO2/c1-6-15-39-26-16-22(30(32,33)34)9-12-24(26)21-13-14-35(17-21)27(37)29(31)19-36(28(2,3)4)18-25(29)20-7-10-23(38-5)11-8-20;2-1-3/h7-12,16,21,25H,6,13-15,17-19H2,1-5H3;/t21?,25-,29-;/m0./s1. The number of alkyl halides is 4. The molecular weight excluding hydrogens is 556 g/mol. The SMILES string of the molecule is CCCOc1cc(C(F)(F)F)ccc1C1CCN(C(=O)[C@]2(F)CN(C(C)(C)C)C[C@H]2c2ccc(OC)cc2)C1.O=C=O. The third-order valence-electron chi connectivity index (χ3n) is 7.92. The zero-order chi connectivity index (χ0) is 31.3. The van der Waals surface area contributed by atoms with Crippen LogP contribution >= 0.6 is 0 Å². The number of amides is 1. The Hall–Kier alpha value is -3.43. The second-order valence-corrected chi connectivity index (χ2v) is 11.7. The lowest BCUT2D eigenvalue weighted by atomic mass is 9.85. The minimum Gasteiger partial charge on any atom is -0.497 e. The van der Waals surface area contributed by atoms with Crippen molar-refractivity contribution >= 4 is 12.1 Å². The van der Waals surface area contributed by atoms with Crippen LogP contribution < -0.4 is 9.47 Å². The second kappa shape index (κ2) is 13.3. The van der Waals surface area contributed by atoms with E-state index in [0.717, 1.165) is 17.7 Å². The highest BCUT2D eigenvalue weighted by Crippen LogP contribution is 2.45. The van der Waals surface area contributed by atoms with Gasteiger partial charge < -0.3 is 14.4 Å². The molecule has 1 unspecified atom stereocenters. The number of carbonyl (C=O) groups is 1. The number of methoxy groups -OCH3 is 1. The number of halogens is 4. The zero-order valence-corrected chi connectivity index (χ0v) is 24.6. The van der Waals surface area contributed by atoms with Crippen LogP contribution in [0, 0.1) is 0 Å². The van der Waals surface area contributed by atoms with Crippen LogP contribution in [0.2, 0.25) is 0 Å². The molecule has 7 nitrogen and oxygen atoms in total. The number of hydrogen-bond donors (Lipinski definition) is 0. The Labute approximate surface area is 243 Å². The van der Waals surface area contributed by atoms with Crippen molar-refractivity contribution in [2.75, 3.05) is 39.9 Å². The van der Waals surface area contributed by atoms with Gasteiger partial charge in [-0.15, -0.1) is 0 Å². The Morgan fingerprint density at radius 2 is 1.71 bits per heavy atom. The van der Waals surface area contributed by atoms with Crippen molar-refractivity contribution in [3.63, 3.8) is 0 Å². The average Bonchev–Trinajstić information content (AvgIpc) is 3.57.